The van der Waals surface area contributed by atoms with Gasteiger partial charge in [-0.05, 0) is 52.4 Å². The molecule has 1 aliphatic heterocycles. The molecule has 1 saturated heterocycles. The van der Waals surface area contributed by atoms with Crippen LogP contribution in [0.15, 0.2) is 0 Å². The van der Waals surface area contributed by atoms with Gasteiger partial charge >= 0.3 is 0 Å². The molecule has 1 N–H and O–H groups in total. The van der Waals surface area contributed by atoms with Crippen LogP contribution in [-0.4, -0.2) is 37.1 Å². The van der Waals surface area contributed by atoms with Crippen LogP contribution in [0.3, 0.4) is 0 Å². The Morgan fingerprint density at radius 1 is 1.29 bits per heavy atom. The van der Waals surface area contributed by atoms with Crippen LogP contribution in [0.4, 0.5) is 0 Å². The third kappa shape index (κ3) is 4.97. The van der Waals surface area contributed by atoms with E-state index in [0.717, 1.165) is 0 Å². The highest BCUT2D eigenvalue weighted by Gasteiger charge is 2.10. The van der Waals surface area contributed by atoms with Gasteiger partial charge in [-0.15, -0.1) is 0 Å². The molecule has 14 heavy (non-hydrogen) atoms. The first kappa shape index (κ1) is 12.0. The van der Waals surface area contributed by atoms with E-state index in [1.54, 1.807) is 0 Å². The predicted molar refractivity (Wildman–Crippen MR) is 62.7 cm³/mol. The fourth-order valence-electron chi connectivity index (χ4n) is 2.05. The minimum absolute atomic E-state index is 0.712. The van der Waals surface area contributed by atoms with E-state index in [0.29, 0.717) is 6.04 Å². The predicted octanol–water partition coefficient (Wildman–Crippen LogP) is 2.25. The van der Waals surface area contributed by atoms with Gasteiger partial charge in [0.05, 0.1) is 0 Å². The molecule has 1 aliphatic rings. The lowest BCUT2D eigenvalue weighted by molar-refractivity contribution is 0.233. The fraction of sp³-hybridized carbons (Fsp3) is 1.00. The summed E-state index contributed by atoms with van der Waals surface area (Å²) in [6.45, 7) is 9.68. The molecule has 0 spiro atoms. The maximum absolute atomic E-state index is 3.55. The first-order valence-corrected chi connectivity index (χ1v) is 6.28. The molecule has 0 aliphatic carbocycles. The van der Waals surface area contributed by atoms with Crippen LogP contribution in [0.5, 0.6) is 0 Å². The summed E-state index contributed by atoms with van der Waals surface area (Å²) >= 11 is 0. The molecule has 1 fully saturated rings. The molecule has 2 heteroatoms. The Bertz CT molecular complexity index is 136. The van der Waals surface area contributed by atoms with Crippen LogP contribution in [0.2, 0.25) is 0 Å². The zero-order valence-corrected chi connectivity index (χ0v) is 9.89. The van der Waals surface area contributed by atoms with Crippen LogP contribution in [0.1, 0.15) is 46.0 Å². The van der Waals surface area contributed by atoms with E-state index in [4.69, 9.17) is 0 Å². The first-order valence-electron chi connectivity index (χ1n) is 6.28. The molecule has 0 aromatic heterocycles. The smallest absolute Gasteiger partial charge is 0.00509 e. The summed E-state index contributed by atoms with van der Waals surface area (Å²) < 4.78 is 0. The normalized spacial score (nSPS) is 25.7. The van der Waals surface area contributed by atoms with Crippen molar-refractivity contribution in [1.29, 1.82) is 0 Å². The monoisotopic (exact) mass is 198 g/mol. The quantitative estimate of drug-likeness (QED) is 0.697. The van der Waals surface area contributed by atoms with Crippen molar-refractivity contribution in [1.82, 2.24) is 10.2 Å². The molecule has 0 radical (unpaired) electrons. The van der Waals surface area contributed by atoms with Gasteiger partial charge in [0.2, 0.25) is 0 Å². The molecule has 1 atom stereocenters. The second kappa shape index (κ2) is 7.24. The molecule has 2 nitrogen and oxygen atoms in total. The van der Waals surface area contributed by atoms with Crippen molar-refractivity contribution < 1.29 is 0 Å². The lowest BCUT2D eigenvalue weighted by Crippen LogP contribution is -2.38. The summed E-state index contributed by atoms with van der Waals surface area (Å²) in [6.07, 6.45) is 6.75. The highest BCUT2D eigenvalue weighted by Crippen LogP contribution is 2.04. The van der Waals surface area contributed by atoms with E-state index in [1.165, 1.54) is 58.3 Å². The Morgan fingerprint density at radius 3 is 2.93 bits per heavy atom. The summed E-state index contributed by atoms with van der Waals surface area (Å²) in [5.41, 5.74) is 0. The van der Waals surface area contributed by atoms with Gasteiger partial charge in [-0.3, -0.25) is 0 Å². The molecule has 0 saturated carbocycles. The first-order chi connectivity index (χ1) is 6.83. The van der Waals surface area contributed by atoms with Crippen molar-refractivity contribution >= 4 is 0 Å². The van der Waals surface area contributed by atoms with Crippen LogP contribution in [0.25, 0.3) is 0 Å². The topological polar surface area (TPSA) is 15.3 Å². The van der Waals surface area contributed by atoms with Crippen LogP contribution >= 0.6 is 0 Å². The zero-order chi connectivity index (χ0) is 10.2. The van der Waals surface area contributed by atoms with Gasteiger partial charge in [-0.1, -0.05) is 19.8 Å². The van der Waals surface area contributed by atoms with Gasteiger partial charge in [0.15, 0.2) is 0 Å². The number of unbranched alkanes of at least 4 members (excludes halogenated alkanes) is 2. The van der Waals surface area contributed by atoms with Crippen LogP contribution in [-0.2, 0) is 0 Å². The van der Waals surface area contributed by atoms with Crippen molar-refractivity contribution in [2.45, 2.75) is 52.0 Å². The van der Waals surface area contributed by atoms with Crippen LogP contribution in [0, 0.1) is 0 Å². The Hall–Kier alpha value is -0.0800. The highest BCUT2D eigenvalue weighted by atomic mass is 15.1. The summed E-state index contributed by atoms with van der Waals surface area (Å²) in [5.74, 6) is 0. The van der Waals surface area contributed by atoms with Crippen molar-refractivity contribution in [3.05, 3.63) is 0 Å². The summed E-state index contributed by atoms with van der Waals surface area (Å²) in [4.78, 5) is 2.65. The molecule has 0 bridgehead atoms. The molecule has 0 aromatic carbocycles. The van der Waals surface area contributed by atoms with Crippen molar-refractivity contribution in [3.8, 4) is 0 Å². The minimum atomic E-state index is 0.712. The van der Waals surface area contributed by atoms with E-state index in [-0.39, 0.29) is 0 Å². The fourth-order valence-corrected chi connectivity index (χ4v) is 2.05. The lowest BCUT2D eigenvalue weighted by atomic mass is 10.1. The third-order valence-corrected chi connectivity index (χ3v) is 3.10. The number of nitrogens with zero attached hydrogens (tertiary/aromatic N) is 1. The Kier molecular flexibility index (Phi) is 6.20. The van der Waals surface area contributed by atoms with Gasteiger partial charge in [0.25, 0.3) is 0 Å². The number of hydrogen-bond donors (Lipinski definition) is 1. The molecular weight excluding hydrogens is 172 g/mol. The Balaban J connectivity index is 2.15. The van der Waals surface area contributed by atoms with Gasteiger partial charge in [-0.2, -0.15) is 0 Å². The molecular formula is C12H26N2. The SMILES string of the molecule is CCCCCN1CCCNC(C)CC1. The van der Waals surface area contributed by atoms with Crippen molar-refractivity contribution in [2.24, 2.45) is 0 Å². The van der Waals surface area contributed by atoms with E-state index < -0.39 is 0 Å². The standard InChI is InChI=1S/C12H26N2/c1-3-4-5-9-14-10-6-8-13-12(2)7-11-14/h12-13H,3-11H2,1-2H3. The Labute approximate surface area is 89.1 Å². The maximum atomic E-state index is 3.55. The van der Waals surface area contributed by atoms with E-state index in [2.05, 4.69) is 24.1 Å². The number of rotatable bonds is 4. The molecule has 1 unspecified atom stereocenters. The number of nitrogens with one attached hydrogen (secondary N) is 1. The van der Waals surface area contributed by atoms with E-state index >= 15 is 0 Å². The summed E-state index contributed by atoms with van der Waals surface area (Å²) in [7, 11) is 0. The number of hydrogen-bond acceptors (Lipinski definition) is 2. The molecule has 84 valence electrons. The Morgan fingerprint density at radius 2 is 2.14 bits per heavy atom. The van der Waals surface area contributed by atoms with E-state index in [9.17, 15) is 0 Å². The molecule has 0 amide bonds. The average Bonchev–Trinajstić information content (AvgIpc) is 2.16. The second-order valence-electron chi connectivity index (χ2n) is 4.55. The van der Waals surface area contributed by atoms with Crippen LogP contribution < -0.4 is 5.32 Å². The largest absolute Gasteiger partial charge is 0.314 e. The average molecular weight is 198 g/mol. The maximum Gasteiger partial charge on any atom is 0.00509 e. The van der Waals surface area contributed by atoms with Crippen molar-refractivity contribution in [3.63, 3.8) is 0 Å². The third-order valence-electron chi connectivity index (χ3n) is 3.10. The highest BCUT2D eigenvalue weighted by molar-refractivity contribution is 4.69. The van der Waals surface area contributed by atoms with Crippen molar-refractivity contribution in [2.75, 3.05) is 26.2 Å². The van der Waals surface area contributed by atoms with E-state index in [1.807, 2.05) is 0 Å². The summed E-state index contributed by atoms with van der Waals surface area (Å²) in [5, 5.41) is 3.55. The molecule has 0 aromatic rings. The summed E-state index contributed by atoms with van der Waals surface area (Å²) in [6, 6.07) is 0.712. The van der Waals surface area contributed by atoms with Gasteiger partial charge in [0, 0.05) is 6.04 Å². The molecule has 1 rings (SSSR count). The van der Waals surface area contributed by atoms with Gasteiger partial charge in [-0.25, -0.2) is 0 Å². The molecule has 1 heterocycles. The minimum Gasteiger partial charge on any atom is -0.314 e. The van der Waals surface area contributed by atoms with Gasteiger partial charge < -0.3 is 10.2 Å². The second-order valence-corrected chi connectivity index (χ2v) is 4.55. The van der Waals surface area contributed by atoms with Gasteiger partial charge in [0.1, 0.15) is 0 Å². The zero-order valence-electron chi connectivity index (χ0n) is 9.89. The lowest BCUT2D eigenvalue weighted by Gasteiger charge is -2.27.